The second-order valence-corrected chi connectivity index (χ2v) is 3.60. The summed E-state index contributed by atoms with van der Waals surface area (Å²) in [6.45, 7) is 5.74. The standard InChI is InChI=1S/C9H18N2O3/c1-5-10-6-7(12)11(4)9(2,3)8(13)14/h10H,5-6H2,1-4H3,(H,13,14). The third kappa shape index (κ3) is 2.99. The summed E-state index contributed by atoms with van der Waals surface area (Å²) >= 11 is 0. The first kappa shape index (κ1) is 12.9. The van der Waals surface area contributed by atoms with Gasteiger partial charge in [0.1, 0.15) is 5.54 Å². The summed E-state index contributed by atoms with van der Waals surface area (Å²) in [5.74, 6) is -1.23. The van der Waals surface area contributed by atoms with E-state index in [1.165, 1.54) is 25.8 Å². The molecule has 0 aliphatic carbocycles. The Morgan fingerprint density at radius 3 is 2.29 bits per heavy atom. The largest absolute Gasteiger partial charge is 0.480 e. The summed E-state index contributed by atoms with van der Waals surface area (Å²) in [4.78, 5) is 23.5. The molecule has 0 aliphatic rings. The maximum Gasteiger partial charge on any atom is 0.329 e. The SMILES string of the molecule is CCNCC(=O)N(C)C(C)(C)C(=O)O. The molecule has 0 radical (unpaired) electrons. The fraction of sp³-hybridized carbons (Fsp3) is 0.778. The number of carbonyl (C=O) groups is 2. The molecule has 14 heavy (non-hydrogen) atoms. The Morgan fingerprint density at radius 1 is 1.43 bits per heavy atom. The lowest BCUT2D eigenvalue weighted by molar-refractivity contribution is -0.154. The van der Waals surface area contributed by atoms with Gasteiger partial charge < -0.3 is 15.3 Å². The Morgan fingerprint density at radius 2 is 1.93 bits per heavy atom. The number of carboxylic acids is 1. The number of nitrogens with zero attached hydrogens (tertiary/aromatic N) is 1. The minimum absolute atomic E-state index is 0.170. The number of likely N-dealkylation sites (N-methyl/N-ethyl adjacent to an activating group) is 2. The molecule has 0 fully saturated rings. The van der Waals surface area contributed by atoms with Gasteiger partial charge in [0, 0.05) is 7.05 Å². The molecule has 5 heteroatoms. The lowest BCUT2D eigenvalue weighted by atomic mass is 10.0. The lowest BCUT2D eigenvalue weighted by Crippen LogP contribution is -2.52. The molecule has 0 aliphatic heterocycles. The van der Waals surface area contributed by atoms with Crippen molar-refractivity contribution >= 4 is 11.9 Å². The van der Waals surface area contributed by atoms with Crippen molar-refractivity contribution in [2.75, 3.05) is 20.1 Å². The van der Waals surface area contributed by atoms with Crippen LogP contribution in [0.3, 0.4) is 0 Å². The Kier molecular flexibility index (Phi) is 4.56. The molecule has 0 heterocycles. The molecule has 0 saturated heterocycles. The second-order valence-electron chi connectivity index (χ2n) is 3.60. The van der Waals surface area contributed by atoms with Crippen LogP contribution in [0.5, 0.6) is 0 Å². The Hall–Kier alpha value is -1.10. The predicted molar refractivity (Wildman–Crippen MR) is 53.0 cm³/mol. The number of hydrogen-bond acceptors (Lipinski definition) is 3. The van der Waals surface area contributed by atoms with Gasteiger partial charge in [0.15, 0.2) is 0 Å². The zero-order chi connectivity index (χ0) is 11.4. The third-order valence-electron chi connectivity index (χ3n) is 2.26. The highest BCUT2D eigenvalue weighted by Crippen LogP contribution is 2.11. The summed E-state index contributed by atoms with van der Waals surface area (Å²) in [6, 6.07) is 0. The monoisotopic (exact) mass is 202 g/mol. The van der Waals surface area contributed by atoms with Gasteiger partial charge in [-0.3, -0.25) is 4.79 Å². The molecule has 0 unspecified atom stereocenters. The molecule has 0 rings (SSSR count). The van der Waals surface area contributed by atoms with E-state index >= 15 is 0 Å². The molecular weight excluding hydrogens is 184 g/mol. The normalized spacial score (nSPS) is 11.1. The van der Waals surface area contributed by atoms with Crippen LogP contribution in [0, 0.1) is 0 Å². The van der Waals surface area contributed by atoms with Crippen molar-refractivity contribution < 1.29 is 14.7 Å². The van der Waals surface area contributed by atoms with Gasteiger partial charge in [-0.2, -0.15) is 0 Å². The molecule has 0 aromatic carbocycles. The van der Waals surface area contributed by atoms with Gasteiger partial charge in [-0.15, -0.1) is 0 Å². The molecule has 0 bridgehead atoms. The molecular formula is C9H18N2O3. The molecule has 0 aromatic heterocycles. The maximum absolute atomic E-state index is 11.5. The predicted octanol–water partition coefficient (Wildman–Crippen LogP) is -0.0825. The van der Waals surface area contributed by atoms with Crippen molar-refractivity contribution in [2.24, 2.45) is 0 Å². The molecule has 82 valence electrons. The zero-order valence-corrected chi connectivity index (χ0v) is 9.13. The summed E-state index contributed by atoms with van der Waals surface area (Å²) in [5.41, 5.74) is -1.16. The molecule has 0 spiro atoms. The Labute approximate surface area is 84.1 Å². The van der Waals surface area contributed by atoms with Crippen molar-refractivity contribution in [3.8, 4) is 0 Å². The van der Waals surface area contributed by atoms with Gasteiger partial charge in [0.05, 0.1) is 6.54 Å². The first-order valence-corrected chi connectivity index (χ1v) is 4.54. The van der Waals surface area contributed by atoms with Gasteiger partial charge in [0.25, 0.3) is 0 Å². The Bertz CT molecular complexity index is 226. The van der Waals surface area contributed by atoms with Crippen LogP contribution in [-0.4, -0.2) is 47.6 Å². The van der Waals surface area contributed by atoms with Crippen LogP contribution in [0.4, 0.5) is 0 Å². The molecule has 0 atom stereocenters. The minimum atomic E-state index is -1.16. The highest BCUT2D eigenvalue weighted by molar-refractivity contribution is 5.87. The van der Waals surface area contributed by atoms with Gasteiger partial charge in [-0.25, -0.2) is 4.79 Å². The average molecular weight is 202 g/mol. The first-order chi connectivity index (χ1) is 6.34. The molecule has 0 saturated carbocycles. The number of amides is 1. The van der Waals surface area contributed by atoms with Crippen LogP contribution in [0.1, 0.15) is 20.8 Å². The lowest BCUT2D eigenvalue weighted by Gasteiger charge is -2.31. The van der Waals surface area contributed by atoms with Crippen LogP contribution in [0.25, 0.3) is 0 Å². The van der Waals surface area contributed by atoms with Crippen LogP contribution in [-0.2, 0) is 9.59 Å². The summed E-state index contributed by atoms with van der Waals surface area (Å²) in [5, 5.41) is 11.7. The van der Waals surface area contributed by atoms with E-state index in [4.69, 9.17) is 5.11 Å². The van der Waals surface area contributed by atoms with E-state index in [-0.39, 0.29) is 12.5 Å². The average Bonchev–Trinajstić information content (AvgIpc) is 2.12. The van der Waals surface area contributed by atoms with E-state index < -0.39 is 11.5 Å². The summed E-state index contributed by atoms with van der Waals surface area (Å²) in [6.07, 6.45) is 0. The van der Waals surface area contributed by atoms with Gasteiger partial charge >= 0.3 is 5.97 Å². The molecule has 1 amide bonds. The van der Waals surface area contributed by atoms with Crippen molar-refractivity contribution in [3.63, 3.8) is 0 Å². The Balaban J connectivity index is 4.37. The number of hydrogen-bond donors (Lipinski definition) is 2. The van der Waals surface area contributed by atoms with Crippen molar-refractivity contribution in [3.05, 3.63) is 0 Å². The fourth-order valence-corrected chi connectivity index (χ4v) is 0.806. The molecule has 0 aromatic rings. The summed E-state index contributed by atoms with van der Waals surface area (Å²) < 4.78 is 0. The van der Waals surface area contributed by atoms with Gasteiger partial charge in [-0.05, 0) is 20.4 Å². The van der Waals surface area contributed by atoms with E-state index in [0.29, 0.717) is 6.54 Å². The van der Waals surface area contributed by atoms with Crippen molar-refractivity contribution in [1.82, 2.24) is 10.2 Å². The molecule has 2 N–H and O–H groups in total. The summed E-state index contributed by atoms with van der Waals surface area (Å²) in [7, 11) is 1.49. The number of rotatable bonds is 5. The quantitative estimate of drug-likeness (QED) is 0.654. The van der Waals surface area contributed by atoms with Gasteiger partial charge in [-0.1, -0.05) is 6.92 Å². The van der Waals surface area contributed by atoms with Crippen molar-refractivity contribution in [2.45, 2.75) is 26.3 Å². The van der Waals surface area contributed by atoms with Crippen LogP contribution >= 0.6 is 0 Å². The van der Waals surface area contributed by atoms with Crippen LogP contribution < -0.4 is 5.32 Å². The maximum atomic E-state index is 11.5. The van der Waals surface area contributed by atoms with E-state index in [1.54, 1.807) is 0 Å². The van der Waals surface area contributed by atoms with Crippen molar-refractivity contribution in [1.29, 1.82) is 0 Å². The second kappa shape index (κ2) is 4.95. The van der Waals surface area contributed by atoms with Crippen LogP contribution in [0.15, 0.2) is 0 Å². The number of carboxylic acid groups (broad SMARTS) is 1. The first-order valence-electron chi connectivity index (χ1n) is 4.54. The molecule has 5 nitrogen and oxygen atoms in total. The third-order valence-corrected chi connectivity index (χ3v) is 2.26. The number of aliphatic carboxylic acids is 1. The number of nitrogens with one attached hydrogen (secondary N) is 1. The van der Waals surface area contributed by atoms with E-state index in [0.717, 1.165) is 0 Å². The fourth-order valence-electron chi connectivity index (χ4n) is 0.806. The topological polar surface area (TPSA) is 69.6 Å². The smallest absolute Gasteiger partial charge is 0.329 e. The zero-order valence-electron chi connectivity index (χ0n) is 9.13. The van der Waals surface area contributed by atoms with Gasteiger partial charge in [0.2, 0.25) is 5.91 Å². The van der Waals surface area contributed by atoms with E-state index in [2.05, 4.69) is 5.32 Å². The highest BCUT2D eigenvalue weighted by Gasteiger charge is 2.34. The minimum Gasteiger partial charge on any atom is -0.480 e. The highest BCUT2D eigenvalue weighted by atomic mass is 16.4. The van der Waals surface area contributed by atoms with Crippen LogP contribution in [0.2, 0.25) is 0 Å². The number of carbonyl (C=O) groups excluding carboxylic acids is 1. The van der Waals surface area contributed by atoms with E-state index in [1.807, 2.05) is 6.92 Å². The van der Waals surface area contributed by atoms with E-state index in [9.17, 15) is 9.59 Å².